The summed E-state index contributed by atoms with van der Waals surface area (Å²) in [6, 6.07) is 8.18. The first-order valence-corrected chi connectivity index (χ1v) is 8.05. The van der Waals surface area contributed by atoms with Crippen molar-refractivity contribution < 1.29 is 4.74 Å². The number of halogens is 1. The predicted octanol–water partition coefficient (Wildman–Crippen LogP) is 4.49. The topological polar surface area (TPSA) is 21.3 Å². The number of likely N-dealkylation sites (N-methyl/N-ethyl adjacent to an activating group) is 1. The maximum Gasteiger partial charge on any atom is 0.0472 e. The van der Waals surface area contributed by atoms with Gasteiger partial charge in [0, 0.05) is 24.8 Å². The van der Waals surface area contributed by atoms with E-state index in [1.54, 1.807) is 0 Å². The lowest BCUT2D eigenvalue weighted by atomic mass is 9.96. The molecule has 0 spiro atoms. The van der Waals surface area contributed by atoms with Crippen molar-refractivity contribution in [3.63, 3.8) is 0 Å². The molecule has 0 aliphatic heterocycles. The lowest BCUT2D eigenvalue weighted by molar-refractivity contribution is 0.116. The molecule has 1 N–H and O–H groups in total. The van der Waals surface area contributed by atoms with Gasteiger partial charge in [-0.3, -0.25) is 0 Å². The van der Waals surface area contributed by atoms with Crippen LogP contribution in [0, 0.1) is 5.92 Å². The van der Waals surface area contributed by atoms with E-state index in [9.17, 15) is 0 Å². The molecule has 1 rings (SSSR count). The predicted molar refractivity (Wildman–Crippen MR) is 87.6 cm³/mol. The van der Waals surface area contributed by atoms with Crippen LogP contribution in [-0.4, -0.2) is 26.3 Å². The number of nitrogens with one attached hydrogen (secondary N) is 1. The first-order valence-electron chi connectivity index (χ1n) is 7.67. The van der Waals surface area contributed by atoms with E-state index in [4.69, 9.17) is 16.3 Å². The van der Waals surface area contributed by atoms with Gasteiger partial charge in [0.1, 0.15) is 0 Å². The van der Waals surface area contributed by atoms with Crippen molar-refractivity contribution in [1.29, 1.82) is 0 Å². The second-order valence-electron chi connectivity index (χ2n) is 5.64. The molecule has 3 heteroatoms. The zero-order chi connectivity index (χ0) is 14.8. The molecule has 1 atom stereocenters. The molecular weight excluding hydrogens is 270 g/mol. The molecule has 0 aliphatic rings. The molecule has 0 aromatic heterocycles. The lowest BCUT2D eigenvalue weighted by Crippen LogP contribution is -2.22. The van der Waals surface area contributed by atoms with Crippen LogP contribution in [0.1, 0.15) is 45.1 Å². The monoisotopic (exact) mass is 297 g/mol. The summed E-state index contributed by atoms with van der Waals surface area (Å²) in [6.07, 6.45) is 2.19. The van der Waals surface area contributed by atoms with E-state index in [1.165, 1.54) is 5.56 Å². The van der Waals surface area contributed by atoms with Crippen LogP contribution < -0.4 is 5.32 Å². The van der Waals surface area contributed by atoms with Crippen LogP contribution in [0.2, 0.25) is 5.02 Å². The van der Waals surface area contributed by atoms with Crippen LogP contribution in [0.5, 0.6) is 0 Å². The van der Waals surface area contributed by atoms with Crippen molar-refractivity contribution in [2.75, 3.05) is 26.3 Å². The van der Waals surface area contributed by atoms with Crippen molar-refractivity contribution >= 4 is 11.6 Å². The Morgan fingerprint density at radius 1 is 1.10 bits per heavy atom. The highest BCUT2D eigenvalue weighted by Crippen LogP contribution is 2.21. The van der Waals surface area contributed by atoms with Crippen LogP contribution in [0.3, 0.4) is 0 Å². The third kappa shape index (κ3) is 7.28. The summed E-state index contributed by atoms with van der Waals surface area (Å²) in [4.78, 5) is 0. The SMILES string of the molecule is CCNCC(CCOCCC(C)C)c1ccc(Cl)cc1. The molecule has 0 fully saturated rings. The molecule has 2 nitrogen and oxygen atoms in total. The highest BCUT2D eigenvalue weighted by atomic mass is 35.5. The third-order valence-corrected chi connectivity index (χ3v) is 3.68. The van der Waals surface area contributed by atoms with E-state index in [0.29, 0.717) is 11.8 Å². The molecule has 1 aromatic rings. The molecule has 20 heavy (non-hydrogen) atoms. The van der Waals surface area contributed by atoms with Gasteiger partial charge in [0.05, 0.1) is 0 Å². The van der Waals surface area contributed by atoms with E-state index in [1.807, 2.05) is 12.1 Å². The molecule has 0 heterocycles. The number of benzene rings is 1. The van der Waals surface area contributed by atoms with Crippen molar-refractivity contribution in [2.45, 2.75) is 39.5 Å². The number of rotatable bonds is 10. The fraction of sp³-hybridized carbons (Fsp3) is 0.647. The smallest absolute Gasteiger partial charge is 0.0472 e. The molecule has 0 saturated carbocycles. The van der Waals surface area contributed by atoms with E-state index in [-0.39, 0.29) is 0 Å². The Morgan fingerprint density at radius 2 is 1.75 bits per heavy atom. The summed E-state index contributed by atoms with van der Waals surface area (Å²) in [6.45, 7) is 10.3. The number of hydrogen-bond acceptors (Lipinski definition) is 2. The zero-order valence-corrected chi connectivity index (χ0v) is 13.7. The second-order valence-corrected chi connectivity index (χ2v) is 6.08. The van der Waals surface area contributed by atoms with Gasteiger partial charge in [0.15, 0.2) is 0 Å². The molecule has 114 valence electrons. The first kappa shape index (κ1) is 17.5. The van der Waals surface area contributed by atoms with E-state index in [2.05, 4.69) is 38.2 Å². The fourth-order valence-corrected chi connectivity index (χ4v) is 2.21. The first-order chi connectivity index (χ1) is 9.63. The van der Waals surface area contributed by atoms with Crippen molar-refractivity contribution in [2.24, 2.45) is 5.92 Å². The standard InChI is InChI=1S/C17H28ClNO/c1-4-19-13-16(10-12-20-11-9-14(2)3)15-5-7-17(18)8-6-15/h5-8,14,16,19H,4,9-13H2,1-3H3. The Hall–Kier alpha value is -0.570. The second kappa shape index (κ2) is 10.2. The van der Waals surface area contributed by atoms with E-state index in [0.717, 1.165) is 44.2 Å². The minimum atomic E-state index is 0.492. The Labute approximate surface area is 128 Å². The van der Waals surface area contributed by atoms with E-state index >= 15 is 0 Å². The summed E-state index contributed by atoms with van der Waals surface area (Å²) in [5.74, 6) is 1.20. The summed E-state index contributed by atoms with van der Waals surface area (Å²) in [5.41, 5.74) is 1.34. The Balaban J connectivity index is 2.41. The Bertz CT molecular complexity index is 351. The summed E-state index contributed by atoms with van der Waals surface area (Å²) in [7, 11) is 0. The average Bonchev–Trinajstić information content (AvgIpc) is 2.42. The normalized spacial score (nSPS) is 12.8. The molecule has 0 saturated heterocycles. The van der Waals surface area contributed by atoms with Crippen LogP contribution in [0.15, 0.2) is 24.3 Å². The van der Waals surface area contributed by atoms with Crippen LogP contribution in [-0.2, 0) is 4.74 Å². The minimum absolute atomic E-state index is 0.492. The van der Waals surface area contributed by atoms with Crippen LogP contribution in [0.25, 0.3) is 0 Å². The largest absolute Gasteiger partial charge is 0.381 e. The average molecular weight is 298 g/mol. The molecule has 1 aromatic carbocycles. The van der Waals surface area contributed by atoms with Gasteiger partial charge in [-0.15, -0.1) is 0 Å². The molecule has 0 amide bonds. The number of hydrogen-bond donors (Lipinski definition) is 1. The van der Waals surface area contributed by atoms with Crippen molar-refractivity contribution in [3.8, 4) is 0 Å². The molecular formula is C17H28ClNO. The van der Waals surface area contributed by atoms with Gasteiger partial charge < -0.3 is 10.1 Å². The van der Waals surface area contributed by atoms with Gasteiger partial charge in [0.25, 0.3) is 0 Å². The summed E-state index contributed by atoms with van der Waals surface area (Å²) < 4.78 is 5.75. The van der Waals surface area contributed by atoms with Gasteiger partial charge in [0.2, 0.25) is 0 Å². The van der Waals surface area contributed by atoms with Gasteiger partial charge in [-0.25, -0.2) is 0 Å². The van der Waals surface area contributed by atoms with Crippen molar-refractivity contribution in [1.82, 2.24) is 5.32 Å². The quantitative estimate of drug-likeness (QED) is 0.643. The highest BCUT2D eigenvalue weighted by Gasteiger charge is 2.11. The minimum Gasteiger partial charge on any atom is -0.381 e. The summed E-state index contributed by atoms with van der Waals surface area (Å²) >= 11 is 5.96. The van der Waals surface area contributed by atoms with Gasteiger partial charge >= 0.3 is 0 Å². The lowest BCUT2D eigenvalue weighted by Gasteiger charge is -2.18. The highest BCUT2D eigenvalue weighted by molar-refractivity contribution is 6.30. The van der Waals surface area contributed by atoms with Crippen LogP contribution in [0.4, 0.5) is 0 Å². The molecule has 1 unspecified atom stereocenters. The van der Waals surface area contributed by atoms with E-state index < -0.39 is 0 Å². The Morgan fingerprint density at radius 3 is 2.35 bits per heavy atom. The fourth-order valence-electron chi connectivity index (χ4n) is 2.09. The zero-order valence-electron chi connectivity index (χ0n) is 13.0. The molecule has 0 bridgehead atoms. The van der Waals surface area contributed by atoms with Crippen molar-refractivity contribution in [3.05, 3.63) is 34.9 Å². The maximum atomic E-state index is 5.96. The van der Waals surface area contributed by atoms with Crippen LogP contribution >= 0.6 is 11.6 Å². The third-order valence-electron chi connectivity index (χ3n) is 3.43. The molecule has 0 radical (unpaired) electrons. The van der Waals surface area contributed by atoms with Gasteiger partial charge in [-0.2, -0.15) is 0 Å². The summed E-state index contributed by atoms with van der Waals surface area (Å²) in [5, 5.41) is 4.23. The number of ether oxygens (including phenoxy) is 1. The Kier molecular flexibility index (Phi) is 8.92. The van der Waals surface area contributed by atoms with Gasteiger partial charge in [-0.05, 0) is 48.9 Å². The van der Waals surface area contributed by atoms with Gasteiger partial charge in [-0.1, -0.05) is 44.5 Å². The molecule has 0 aliphatic carbocycles. The maximum absolute atomic E-state index is 5.96.